The molecule has 208 valence electrons. The van der Waals surface area contributed by atoms with Gasteiger partial charge in [0.05, 0.1) is 25.4 Å². The number of hydrogen-bond donors (Lipinski definition) is 6. The third kappa shape index (κ3) is 6.99. The highest BCUT2D eigenvalue weighted by Crippen LogP contribution is 2.44. The number of thioether (sulfide) groups is 1. The number of aliphatic hydroxyl groups excluding tert-OH is 1. The first-order chi connectivity index (χ1) is 18.3. The van der Waals surface area contributed by atoms with Crippen LogP contribution in [0.1, 0.15) is 37.7 Å². The van der Waals surface area contributed by atoms with Crippen molar-refractivity contribution >= 4 is 35.1 Å². The predicted octanol–water partition coefficient (Wildman–Crippen LogP) is 2.54. The topological polar surface area (TPSA) is 164 Å². The van der Waals surface area contributed by atoms with E-state index in [4.69, 9.17) is 20.4 Å². The number of halogens is 2. The van der Waals surface area contributed by atoms with Crippen LogP contribution in [0.15, 0.2) is 23.4 Å². The van der Waals surface area contributed by atoms with Gasteiger partial charge in [0.2, 0.25) is 0 Å². The number of nitrogen functional groups attached to an aromatic ring is 1. The van der Waals surface area contributed by atoms with Gasteiger partial charge in [-0.05, 0) is 37.0 Å². The predicted molar refractivity (Wildman–Crippen MR) is 138 cm³/mol. The minimum Gasteiger partial charge on any atom is -0.480 e. The van der Waals surface area contributed by atoms with E-state index < -0.39 is 36.4 Å². The molecular formula is C24H32F2N6O5S. The number of nitrogens with zero attached hydrogens (tertiary/aromatic N) is 2. The van der Waals surface area contributed by atoms with E-state index >= 15 is 0 Å². The fourth-order valence-electron chi connectivity index (χ4n) is 4.40. The van der Waals surface area contributed by atoms with E-state index in [-0.39, 0.29) is 31.2 Å². The molecule has 4 rings (SSSR count). The molecule has 1 saturated heterocycles. The van der Waals surface area contributed by atoms with Gasteiger partial charge in [-0.25, -0.2) is 23.5 Å². The minimum absolute atomic E-state index is 0.0117. The molecule has 11 nitrogen and oxygen atoms in total. The molecule has 0 bridgehead atoms. The molecule has 0 radical (unpaired) electrons. The molecule has 0 unspecified atom stereocenters. The van der Waals surface area contributed by atoms with Crippen LogP contribution in [0.5, 0.6) is 0 Å². The number of aliphatic hydroxyl groups is 1. The fraction of sp³-hybridized carbons (Fsp3) is 0.542. The SMILES string of the molecule is CCCSc1nc(N[C@@H]2C[C@H](COCC(=O)O)O[C@H]2CO)c(NN)c(N[C@@H]2C[C@H]2c2ccc(F)c(F)c2)n1. The standard InChI is InChI=1S/C24H32F2N6O5S/c1-2-5-38-24-30-22(28-17-8-14(17)12-3-4-15(25)16(26)6-12)21(32-27)23(31-24)29-18-7-13(37-19(18)9-33)10-36-11-20(34)35/h3-4,6,13-14,17-19,32-33H,2,5,7-11,27H2,1H3,(H,34,35)(H2,28,29,30,31)/t13-,14+,17-,18-,19+/m1/s1. The summed E-state index contributed by atoms with van der Waals surface area (Å²) >= 11 is 1.48. The van der Waals surface area contributed by atoms with Crippen LogP contribution < -0.4 is 21.9 Å². The smallest absolute Gasteiger partial charge is 0.329 e. The van der Waals surface area contributed by atoms with E-state index in [1.807, 2.05) is 6.92 Å². The van der Waals surface area contributed by atoms with Gasteiger partial charge in [-0.3, -0.25) is 5.84 Å². The van der Waals surface area contributed by atoms with Crippen molar-refractivity contribution in [1.29, 1.82) is 0 Å². The van der Waals surface area contributed by atoms with Crippen molar-refractivity contribution in [3.8, 4) is 0 Å². The number of aliphatic carboxylic acids is 1. The average molecular weight is 555 g/mol. The fourth-order valence-corrected chi connectivity index (χ4v) is 5.10. The van der Waals surface area contributed by atoms with Gasteiger partial charge in [0.25, 0.3) is 0 Å². The number of nitrogens with two attached hydrogens (primary N) is 1. The third-order valence-corrected chi connectivity index (χ3v) is 7.37. The summed E-state index contributed by atoms with van der Waals surface area (Å²) in [5.74, 6) is 4.69. The van der Waals surface area contributed by atoms with Crippen LogP contribution in [0.3, 0.4) is 0 Å². The number of anilines is 3. The Morgan fingerprint density at radius 3 is 2.58 bits per heavy atom. The Bertz CT molecular complexity index is 1130. The van der Waals surface area contributed by atoms with Crippen molar-refractivity contribution in [2.24, 2.45) is 5.84 Å². The Morgan fingerprint density at radius 2 is 1.95 bits per heavy atom. The number of carboxylic acid groups (broad SMARTS) is 1. The van der Waals surface area contributed by atoms with Gasteiger partial charge in [-0.15, -0.1) is 0 Å². The lowest BCUT2D eigenvalue weighted by Gasteiger charge is -2.22. The molecule has 2 fully saturated rings. The van der Waals surface area contributed by atoms with Crippen LogP contribution in [-0.4, -0.2) is 76.0 Å². The summed E-state index contributed by atoms with van der Waals surface area (Å²) in [5, 5.41) is 25.8. The average Bonchev–Trinajstić information content (AvgIpc) is 3.54. The molecule has 0 amide bonds. The van der Waals surface area contributed by atoms with Crippen molar-refractivity contribution < 1.29 is 33.3 Å². The summed E-state index contributed by atoms with van der Waals surface area (Å²) < 4.78 is 38.1. The zero-order valence-corrected chi connectivity index (χ0v) is 21.6. The van der Waals surface area contributed by atoms with Crippen LogP contribution in [0.2, 0.25) is 0 Å². The van der Waals surface area contributed by atoms with Crippen LogP contribution in [-0.2, 0) is 14.3 Å². The number of carbonyl (C=O) groups is 1. The number of carboxylic acids is 1. The molecule has 38 heavy (non-hydrogen) atoms. The lowest BCUT2D eigenvalue weighted by molar-refractivity contribution is -0.143. The summed E-state index contributed by atoms with van der Waals surface area (Å²) in [6.07, 6.45) is 1.09. The molecular weight excluding hydrogens is 522 g/mol. The van der Waals surface area contributed by atoms with Gasteiger partial charge in [-0.2, -0.15) is 0 Å². The Balaban J connectivity index is 1.51. The van der Waals surface area contributed by atoms with Gasteiger partial charge < -0.3 is 35.7 Å². The van der Waals surface area contributed by atoms with Crippen molar-refractivity contribution in [2.45, 2.75) is 61.6 Å². The Kier molecular flexibility index (Phi) is 9.54. The summed E-state index contributed by atoms with van der Waals surface area (Å²) in [7, 11) is 0. The molecule has 5 atom stereocenters. The first kappa shape index (κ1) is 28.2. The number of hydrogen-bond acceptors (Lipinski definition) is 11. The van der Waals surface area contributed by atoms with E-state index in [9.17, 15) is 18.7 Å². The maximum atomic E-state index is 13.7. The van der Waals surface area contributed by atoms with Crippen LogP contribution >= 0.6 is 11.8 Å². The normalized spacial score (nSPS) is 24.3. The highest BCUT2D eigenvalue weighted by atomic mass is 32.2. The molecule has 2 aromatic rings. The van der Waals surface area contributed by atoms with Crippen molar-refractivity contribution in [3.63, 3.8) is 0 Å². The summed E-state index contributed by atoms with van der Waals surface area (Å²) in [4.78, 5) is 20.0. The molecule has 1 aliphatic carbocycles. The van der Waals surface area contributed by atoms with E-state index in [0.717, 1.165) is 18.2 Å². The molecule has 2 heterocycles. The van der Waals surface area contributed by atoms with Gasteiger partial charge in [-0.1, -0.05) is 24.8 Å². The van der Waals surface area contributed by atoms with E-state index in [1.165, 1.54) is 17.8 Å². The zero-order chi connectivity index (χ0) is 27.2. The number of hydrazine groups is 1. The Labute approximate surface area is 222 Å². The van der Waals surface area contributed by atoms with Crippen LogP contribution in [0.4, 0.5) is 26.1 Å². The second-order valence-electron chi connectivity index (χ2n) is 9.21. The highest BCUT2D eigenvalue weighted by molar-refractivity contribution is 7.99. The molecule has 14 heteroatoms. The zero-order valence-electron chi connectivity index (χ0n) is 20.8. The van der Waals surface area contributed by atoms with Crippen molar-refractivity contribution in [3.05, 3.63) is 35.4 Å². The van der Waals surface area contributed by atoms with Crippen LogP contribution in [0.25, 0.3) is 0 Å². The molecule has 1 aromatic carbocycles. The van der Waals surface area contributed by atoms with Crippen molar-refractivity contribution in [1.82, 2.24) is 9.97 Å². The minimum atomic E-state index is -1.07. The molecule has 1 aliphatic heterocycles. The number of benzene rings is 1. The van der Waals surface area contributed by atoms with Crippen LogP contribution in [0, 0.1) is 11.6 Å². The molecule has 0 spiro atoms. The highest BCUT2D eigenvalue weighted by Gasteiger charge is 2.40. The largest absolute Gasteiger partial charge is 0.480 e. The first-order valence-electron chi connectivity index (χ1n) is 12.4. The monoisotopic (exact) mass is 554 g/mol. The quantitative estimate of drug-likeness (QED) is 0.0877. The number of nitrogens with one attached hydrogen (secondary N) is 3. The molecule has 2 aliphatic rings. The Morgan fingerprint density at radius 1 is 1.21 bits per heavy atom. The van der Waals surface area contributed by atoms with E-state index in [2.05, 4.69) is 26.0 Å². The van der Waals surface area contributed by atoms with Gasteiger partial charge in [0.1, 0.15) is 18.4 Å². The first-order valence-corrected chi connectivity index (χ1v) is 13.4. The number of aromatic nitrogens is 2. The third-order valence-electron chi connectivity index (χ3n) is 6.32. The summed E-state index contributed by atoms with van der Waals surface area (Å²) in [6.45, 7) is 1.43. The lowest BCUT2D eigenvalue weighted by Crippen LogP contribution is -2.33. The van der Waals surface area contributed by atoms with Gasteiger partial charge in [0, 0.05) is 17.7 Å². The van der Waals surface area contributed by atoms with Crippen molar-refractivity contribution in [2.75, 3.05) is 41.6 Å². The summed E-state index contributed by atoms with van der Waals surface area (Å²) in [5.41, 5.74) is 3.76. The molecule has 7 N–H and O–H groups in total. The molecule has 1 saturated carbocycles. The maximum Gasteiger partial charge on any atom is 0.329 e. The Hall–Kier alpha value is -2.78. The van der Waals surface area contributed by atoms with E-state index in [1.54, 1.807) is 6.07 Å². The second-order valence-corrected chi connectivity index (χ2v) is 10.3. The number of rotatable bonds is 14. The summed E-state index contributed by atoms with van der Waals surface area (Å²) in [6, 6.07) is 3.50. The van der Waals surface area contributed by atoms with E-state index in [0.29, 0.717) is 40.9 Å². The van der Waals surface area contributed by atoms with Gasteiger partial charge >= 0.3 is 5.97 Å². The lowest BCUT2D eigenvalue weighted by atomic mass is 10.1. The number of ether oxygens (including phenoxy) is 2. The molecule has 1 aromatic heterocycles. The maximum absolute atomic E-state index is 13.7. The van der Waals surface area contributed by atoms with Gasteiger partial charge in [0.15, 0.2) is 28.4 Å². The second kappa shape index (κ2) is 12.8.